The number of benzene rings is 1. The molecule has 0 spiro atoms. The highest BCUT2D eigenvalue weighted by atomic mass is 19.1. The average molecular weight is 305 g/mol. The first-order valence-corrected chi connectivity index (χ1v) is 7.86. The summed E-state index contributed by atoms with van der Waals surface area (Å²) in [5.74, 6) is -0.307. The number of aliphatic hydroxyl groups excluding tert-OH is 1. The lowest BCUT2D eigenvalue weighted by molar-refractivity contribution is 0.0334. The van der Waals surface area contributed by atoms with Gasteiger partial charge in [-0.3, -0.25) is 9.80 Å². The molecule has 1 fully saturated rings. The monoisotopic (exact) mass is 305 g/mol. The predicted octanol–water partition coefficient (Wildman–Crippen LogP) is 1.97. The molecule has 1 saturated heterocycles. The maximum Gasteiger partial charge on any atom is 0.129 e. The molecule has 0 amide bonds. The fourth-order valence-corrected chi connectivity index (χ4v) is 3.05. The molecule has 2 rings (SSSR count). The van der Waals surface area contributed by atoms with Crippen LogP contribution in [0.2, 0.25) is 0 Å². The SMILES string of the molecule is CC[C@H]1CN(Cc2ccc(C#N)cc2F)CCN1C[C@H](C)O. The summed E-state index contributed by atoms with van der Waals surface area (Å²) in [4.78, 5) is 4.56. The third-order valence-electron chi connectivity index (χ3n) is 4.23. The van der Waals surface area contributed by atoms with Crippen LogP contribution in [0.4, 0.5) is 4.39 Å². The number of hydrogen-bond donors (Lipinski definition) is 1. The van der Waals surface area contributed by atoms with Gasteiger partial charge < -0.3 is 5.11 Å². The lowest BCUT2D eigenvalue weighted by atomic mass is 10.1. The van der Waals surface area contributed by atoms with Crippen LogP contribution in [-0.4, -0.2) is 53.2 Å². The Morgan fingerprint density at radius 3 is 2.82 bits per heavy atom. The molecule has 1 aliphatic rings. The standard InChI is InChI=1S/C17H24FN3O/c1-3-16-12-20(6-7-21(16)10-13(2)22)11-15-5-4-14(9-19)8-17(15)18/h4-5,8,13,16,22H,3,6-7,10-12H2,1-2H3/t13-,16-/m0/s1. The fourth-order valence-electron chi connectivity index (χ4n) is 3.05. The third kappa shape index (κ3) is 4.26. The van der Waals surface area contributed by atoms with Gasteiger partial charge in [0, 0.05) is 44.3 Å². The maximum atomic E-state index is 14.0. The van der Waals surface area contributed by atoms with Crippen molar-refractivity contribution in [1.82, 2.24) is 9.80 Å². The first-order chi connectivity index (χ1) is 10.5. The second-order valence-electron chi connectivity index (χ2n) is 6.06. The summed E-state index contributed by atoms with van der Waals surface area (Å²) in [5.41, 5.74) is 0.993. The molecule has 5 heteroatoms. The molecule has 0 radical (unpaired) electrons. The molecule has 0 aromatic heterocycles. The number of halogens is 1. The molecule has 0 bridgehead atoms. The van der Waals surface area contributed by atoms with Gasteiger partial charge in [-0.25, -0.2) is 4.39 Å². The van der Waals surface area contributed by atoms with Crippen molar-refractivity contribution < 1.29 is 9.50 Å². The second kappa shape index (κ2) is 7.68. The minimum absolute atomic E-state index is 0.307. The van der Waals surface area contributed by atoms with Gasteiger partial charge in [-0.05, 0) is 25.5 Å². The summed E-state index contributed by atoms with van der Waals surface area (Å²) in [6.45, 7) is 7.84. The van der Waals surface area contributed by atoms with E-state index in [1.807, 2.05) is 13.0 Å². The maximum absolute atomic E-state index is 14.0. The molecular formula is C17H24FN3O. The first-order valence-electron chi connectivity index (χ1n) is 7.86. The van der Waals surface area contributed by atoms with Crippen molar-refractivity contribution >= 4 is 0 Å². The van der Waals surface area contributed by atoms with Crippen molar-refractivity contribution in [2.75, 3.05) is 26.2 Å². The highest BCUT2D eigenvalue weighted by Crippen LogP contribution is 2.18. The summed E-state index contributed by atoms with van der Waals surface area (Å²) >= 11 is 0. The highest BCUT2D eigenvalue weighted by Gasteiger charge is 2.26. The van der Waals surface area contributed by atoms with E-state index in [1.54, 1.807) is 12.1 Å². The van der Waals surface area contributed by atoms with E-state index >= 15 is 0 Å². The van der Waals surface area contributed by atoms with Crippen molar-refractivity contribution in [1.29, 1.82) is 5.26 Å². The molecule has 120 valence electrons. The van der Waals surface area contributed by atoms with Gasteiger partial charge in [0.2, 0.25) is 0 Å². The molecular weight excluding hydrogens is 281 g/mol. The van der Waals surface area contributed by atoms with Crippen molar-refractivity contribution in [2.24, 2.45) is 0 Å². The fraction of sp³-hybridized carbons (Fsp3) is 0.588. The largest absolute Gasteiger partial charge is 0.392 e. The zero-order chi connectivity index (χ0) is 16.1. The number of rotatable bonds is 5. The molecule has 2 atom stereocenters. The molecule has 0 unspecified atom stereocenters. The number of piperazine rings is 1. The summed E-state index contributed by atoms with van der Waals surface area (Å²) < 4.78 is 14.0. The molecule has 1 heterocycles. The van der Waals surface area contributed by atoms with Crippen LogP contribution >= 0.6 is 0 Å². The molecule has 1 aromatic carbocycles. The molecule has 22 heavy (non-hydrogen) atoms. The van der Waals surface area contributed by atoms with Gasteiger partial charge in [0.1, 0.15) is 5.82 Å². The third-order valence-corrected chi connectivity index (χ3v) is 4.23. The Morgan fingerprint density at radius 2 is 2.23 bits per heavy atom. The Balaban J connectivity index is 1.99. The van der Waals surface area contributed by atoms with Crippen LogP contribution in [0.3, 0.4) is 0 Å². The molecule has 4 nitrogen and oxygen atoms in total. The van der Waals surface area contributed by atoms with Crippen molar-refractivity contribution in [3.05, 3.63) is 35.1 Å². The zero-order valence-electron chi connectivity index (χ0n) is 13.3. The Bertz CT molecular complexity index is 541. The minimum Gasteiger partial charge on any atom is -0.392 e. The van der Waals surface area contributed by atoms with Gasteiger partial charge in [0.25, 0.3) is 0 Å². The summed E-state index contributed by atoms with van der Waals surface area (Å²) in [7, 11) is 0. The first kappa shape index (κ1) is 16.9. The normalized spacial score (nSPS) is 21.5. The van der Waals surface area contributed by atoms with E-state index in [-0.39, 0.29) is 11.9 Å². The average Bonchev–Trinajstić information content (AvgIpc) is 2.50. The second-order valence-corrected chi connectivity index (χ2v) is 6.06. The Morgan fingerprint density at radius 1 is 1.45 bits per heavy atom. The van der Waals surface area contributed by atoms with E-state index in [2.05, 4.69) is 16.7 Å². The molecule has 1 aliphatic heterocycles. The number of β-amino-alcohol motifs (C(OH)–C–C–N with tert-alkyl or cyclic N) is 1. The van der Waals surface area contributed by atoms with Gasteiger partial charge in [0.15, 0.2) is 0 Å². The van der Waals surface area contributed by atoms with Crippen molar-refractivity contribution in [3.63, 3.8) is 0 Å². The van der Waals surface area contributed by atoms with Crippen LogP contribution in [0, 0.1) is 17.1 Å². The van der Waals surface area contributed by atoms with E-state index in [1.165, 1.54) is 6.07 Å². The minimum atomic E-state index is -0.323. The van der Waals surface area contributed by atoms with Crippen LogP contribution in [0.25, 0.3) is 0 Å². The quantitative estimate of drug-likeness (QED) is 0.904. The molecule has 1 aromatic rings. The van der Waals surface area contributed by atoms with Crippen LogP contribution in [0.1, 0.15) is 31.4 Å². The Kier molecular flexibility index (Phi) is 5.90. The number of nitrogens with zero attached hydrogens (tertiary/aromatic N) is 3. The van der Waals surface area contributed by atoms with Gasteiger partial charge >= 0.3 is 0 Å². The van der Waals surface area contributed by atoms with Gasteiger partial charge in [-0.1, -0.05) is 13.0 Å². The Labute approximate surface area is 131 Å². The van der Waals surface area contributed by atoms with Crippen molar-refractivity contribution in [2.45, 2.75) is 39.0 Å². The van der Waals surface area contributed by atoms with E-state index in [0.29, 0.717) is 30.3 Å². The number of nitriles is 1. The lowest BCUT2D eigenvalue weighted by Gasteiger charge is -2.41. The molecule has 0 saturated carbocycles. The van der Waals surface area contributed by atoms with E-state index < -0.39 is 0 Å². The van der Waals surface area contributed by atoms with Crippen LogP contribution in [-0.2, 0) is 6.54 Å². The number of hydrogen-bond acceptors (Lipinski definition) is 4. The van der Waals surface area contributed by atoms with Gasteiger partial charge in [0.05, 0.1) is 17.7 Å². The van der Waals surface area contributed by atoms with Crippen molar-refractivity contribution in [3.8, 4) is 6.07 Å². The van der Waals surface area contributed by atoms with Gasteiger partial charge in [-0.15, -0.1) is 0 Å². The van der Waals surface area contributed by atoms with E-state index in [4.69, 9.17) is 5.26 Å². The van der Waals surface area contributed by atoms with Crippen LogP contribution in [0.15, 0.2) is 18.2 Å². The van der Waals surface area contributed by atoms with Crippen LogP contribution in [0.5, 0.6) is 0 Å². The smallest absolute Gasteiger partial charge is 0.129 e. The number of aliphatic hydroxyl groups is 1. The van der Waals surface area contributed by atoms with Gasteiger partial charge in [-0.2, -0.15) is 5.26 Å². The van der Waals surface area contributed by atoms with E-state index in [9.17, 15) is 9.50 Å². The summed E-state index contributed by atoms with van der Waals surface area (Å²) in [6.07, 6.45) is 0.690. The topological polar surface area (TPSA) is 50.5 Å². The highest BCUT2D eigenvalue weighted by molar-refractivity contribution is 5.32. The lowest BCUT2D eigenvalue weighted by Crippen LogP contribution is -2.54. The van der Waals surface area contributed by atoms with E-state index in [0.717, 1.165) is 26.1 Å². The summed E-state index contributed by atoms with van der Waals surface area (Å²) in [6, 6.07) is 7.02. The molecule has 1 N–H and O–H groups in total. The predicted molar refractivity (Wildman–Crippen MR) is 83.7 cm³/mol. The Hall–Kier alpha value is -1.48. The summed E-state index contributed by atoms with van der Waals surface area (Å²) in [5, 5.41) is 18.4. The van der Waals surface area contributed by atoms with Crippen LogP contribution < -0.4 is 0 Å². The zero-order valence-corrected chi connectivity index (χ0v) is 13.3. The molecule has 0 aliphatic carbocycles.